The lowest BCUT2D eigenvalue weighted by Crippen LogP contribution is -2.33. The van der Waals surface area contributed by atoms with Crippen LogP contribution < -0.4 is 9.47 Å². The van der Waals surface area contributed by atoms with E-state index in [0.29, 0.717) is 35.6 Å². The third-order valence-electron chi connectivity index (χ3n) is 6.68. The highest BCUT2D eigenvalue weighted by Crippen LogP contribution is 2.42. The fourth-order valence-electron chi connectivity index (χ4n) is 4.62. The molecule has 2 aromatic carbocycles. The summed E-state index contributed by atoms with van der Waals surface area (Å²) in [6.45, 7) is 11.0. The van der Waals surface area contributed by atoms with Crippen molar-refractivity contribution in [2.24, 2.45) is 0 Å². The average molecular weight is 481 g/mol. The molecular weight excluding hydrogens is 444 g/mol. The molecule has 1 aliphatic rings. The van der Waals surface area contributed by atoms with Crippen molar-refractivity contribution in [2.75, 3.05) is 40.4 Å². The van der Waals surface area contributed by atoms with Gasteiger partial charge in [-0.2, -0.15) is 0 Å². The average Bonchev–Trinajstić information content (AvgIpc) is 3.12. The summed E-state index contributed by atoms with van der Waals surface area (Å²) in [6.07, 6.45) is 0.710. The van der Waals surface area contributed by atoms with Crippen LogP contribution in [-0.4, -0.2) is 67.0 Å². The highest BCUT2D eigenvalue weighted by molar-refractivity contribution is 6.46. The fourth-order valence-corrected chi connectivity index (χ4v) is 4.62. The quantitative estimate of drug-likeness (QED) is 0.307. The smallest absolute Gasteiger partial charge is 0.295 e. The first kappa shape index (κ1) is 26.3. The summed E-state index contributed by atoms with van der Waals surface area (Å²) in [5, 5.41) is 11.4. The Bertz CT molecular complexity index is 1120. The lowest BCUT2D eigenvalue weighted by atomic mass is 9.93. The number of methoxy groups -OCH3 is 2. The molecule has 1 heterocycles. The molecule has 0 aromatic heterocycles. The first-order valence-electron chi connectivity index (χ1n) is 12.1. The summed E-state index contributed by atoms with van der Waals surface area (Å²) in [5.74, 6) is -0.396. The number of hydrogen-bond donors (Lipinski definition) is 1. The van der Waals surface area contributed by atoms with E-state index in [4.69, 9.17) is 9.47 Å². The van der Waals surface area contributed by atoms with Crippen molar-refractivity contribution in [1.29, 1.82) is 0 Å². The van der Waals surface area contributed by atoms with Crippen LogP contribution in [0.15, 0.2) is 42.0 Å². The zero-order valence-electron chi connectivity index (χ0n) is 21.6. The maximum Gasteiger partial charge on any atom is 0.295 e. The van der Waals surface area contributed by atoms with Crippen LogP contribution in [0.25, 0.3) is 5.76 Å². The Balaban J connectivity index is 2.13. The number of Topliss-reactive ketones (excluding diaryl/α,β-unsaturated/α-hetero) is 1. The lowest BCUT2D eigenvalue weighted by Gasteiger charge is -2.27. The second kappa shape index (κ2) is 11.4. The predicted molar refractivity (Wildman–Crippen MR) is 137 cm³/mol. The molecular formula is C28H36N2O5. The Morgan fingerprint density at radius 2 is 1.69 bits per heavy atom. The van der Waals surface area contributed by atoms with Gasteiger partial charge in [0.15, 0.2) is 11.5 Å². The van der Waals surface area contributed by atoms with E-state index in [9.17, 15) is 14.7 Å². The number of aryl methyl sites for hydroxylation is 2. The lowest BCUT2D eigenvalue weighted by molar-refractivity contribution is -0.140. The highest BCUT2D eigenvalue weighted by atomic mass is 16.5. The molecule has 35 heavy (non-hydrogen) atoms. The van der Waals surface area contributed by atoms with Crippen molar-refractivity contribution in [3.63, 3.8) is 0 Å². The Morgan fingerprint density at radius 3 is 2.31 bits per heavy atom. The van der Waals surface area contributed by atoms with Crippen LogP contribution >= 0.6 is 0 Å². The number of aliphatic hydroxyl groups is 1. The van der Waals surface area contributed by atoms with E-state index in [1.54, 1.807) is 31.3 Å². The van der Waals surface area contributed by atoms with Gasteiger partial charge in [-0.1, -0.05) is 37.6 Å². The summed E-state index contributed by atoms with van der Waals surface area (Å²) in [5.41, 5.74) is 3.10. The maximum atomic E-state index is 13.3. The van der Waals surface area contributed by atoms with Gasteiger partial charge in [-0.25, -0.2) is 0 Å². The van der Waals surface area contributed by atoms with Gasteiger partial charge in [0.25, 0.3) is 11.7 Å². The van der Waals surface area contributed by atoms with Gasteiger partial charge in [0.1, 0.15) is 5.76 Å². The number of ketones is 1. The van der Waals surface area contributed by atoms with Gasteiger partial charge in [0, 0.05) is 12.1 Å². The van der Waals surface area contributed by atoms with Crippen molar-refractivity contribution in [2.45, 2.75) is 40.2 Å². The summed E-state index contributed by atoms with van der Waals surface area (Å²) < 4.78 is 10.9. The number of ether oxygens (including phenoxy) is 2. The summed E-state index contributed by atoms with van der Waals surface area (Å²) in [4.78, 5) is 30.4. The maximum absolute atomic E-state index is 13.3. The molecule has 1 amide bonds. The Morgan fingerprint density at radius 1 is 1.00 bits per heavy atom. The second-order valence-electron chi connectivity index (χ2n) is 8.81. The monoisotopic (exact) mass is 480 g/mol. The van der Waals surface area contributed by atoms with E-state index in [-0.39, 0.29) is 11.3 Å². The zero-order valence-corrected chi connectivity index (χ0v) is 21.6. The minimum atomic E-state index is -0.730. The molecule has 7 nitrogen and oxygen atoms in total. The fraction of sp³-hybridized carbons (Fsp3) is 0.429. The molecule has 1 aliphatic heterocycles. The van der Waals surface area contributed by atoms with E-state index in [2.05, 4.69) is 18.7 Å². The summed E-state index contributed by atoms with van der Waals surface area (Å²) in [6, 6.07) is 10.3. The first-order valence-corrected chi connectivity index (χ1v) is 12.1. The normalized spacial score (nSPS) is 17.3. The van der Waals surface area contributed by atoms with Crippen LogP contribution in [0.1, 0.15) is 48.6 Å². The zero-order chi connectivity index (χ0) is 25.7. The molecule has 2 aromatic rings. The van der Waals surface area contributed by atoms with Crippen molar-refractivity contribution < 1.29 is 24.2 Å². The van der Waals surface area contributed by atoms with Crippen LogP contribution in [0.3, 0.4) is 0 Å². The van der Waals surface area contributed by atoms with Crippen LogP contribution in [0.2, 0.25) is 0 Å². The van der Waals surface area contributed by atoms with Crippen molar-refractivity contribution in [3.05, 3.63) is 64.2 Å². The van der Waals surface area contributed by atoms with E-state index < -0.39 is 17.7 Å². The van der Waals surface area contributed by atoms with Crippen LogP contribution in [-0.2, 0) is 9.59 Å². The number of carbonyl (C=O) groups is 2. The second-order valence-corrected chi connectivity index (χ2v) is 8.81. The number of likely N-dealkylation sites (tertiary alicyclic amines) is 1. The minimum Gasteiger partial charge on any atom is -0.507 e. The van der Waals surface area contributed by atoms with Gasteiger partial charge in [0.05, 0.1) is 25.8 Å². The standard InChI is InChI=1S/C28H36N2O5/c1-7-29(8-2)14-9-15-30-25(20-12-13-22(34-5)23(17-20)35-6)24(27(32)28(30)33)26(31)21-16-18(3)10-11-19(21)4/h10-13,16-17,25,31H,7-9,14-15H2,1-6H3/b26-24+. The first-order chi connectivity index (χ1) is 16.8. The molecule has 1 saturated heterocycles. The molecule has 188 valence electrons. The molecule has 7 heteroatoms. The summed E-state index contributed by atoms with van der Waals surface area (Å²) >= 11 is 0. The molecule has 3 rings (SSSR count). The van der Waals surface area contributed by atoms with Crippen molar-refractivity contribution in [3.8, 4) is 11.5 Å². The number of nitrogens with zero attached hydrogens (tertiary/aromatic N) is 2. The van der Waals surface area contributed by atoms with E-state index >= 15 is 0 Å². The Hall–Kier alpha value is -3.32. The van der Waals surface area contributed by atoms with Crippen molar-refractivity contribution >= 4 is 17.4 Å². The van der Waals surface area contributed by atoms with Gasteiger partial charge < -0.3 is 24.4 Å². The molecule has 0 bridgehead atoms. The van der Waals surface area contributed by atoms with Crippen LogP contribution in [0.5, 0.6) is 11.5 Å². The van der Waals surface area contributed by atoms with Gasteiger partial charge >= 0.3 is 0 Å². The molecule has 1 unspecified atom stereocenters. The highest BCUT2D eigenvalue weighted by Gasteiger charge is 2.46. The number of aliphatic hydroxyl groups excluding tert-OH is 1. The van der Waals surface area contributed by atoms with Crippen LogP contribution in [0.4, 0.5) is 0 Å². The Kier molecular flexibility index (Phi) is 8.57. The number of benzene rings is 2. The van der Waals surface area contributed by atoms with Gasteiger partial charge in [-0.3, -0.25) is 9.59 Å². The van der Waals surface area contributed by atoms with E-state index in [0.717, 1.165) is 30.8 Å². The molecule has 0 aliphatic carbocycles. The topological polar surface area (TPSA) is 79.3 Å². The van der Waals surface area contributed by atoms with Gasteiger partial charge in [-0.15, -0.1) is 0 Å². The molecule has 0 spiro atoms. The molecule has 0 radical (unpaired) electrons. The summed E-state index contributed by atoms with van der Waals surface area (Å²) in [7, 11) is 3.09. The SMILES string of the molecule is CCN(CC)CCCN1C(=O)C(=O)/C(=C(/O)c2cc(C)ccc2C)C1c1ccc(OC)c(OC)c1. The van der Waals surface area contributed by atoms with Gasteiger partial charge in [0.2, 0.25) is 0 Å². The predicted octanol–water partition coefficient (Wildman–Crippen LogP) is 4.47. The molecule has 1 atom stereocenters. The largest absolute Gasteiger partial charge is 0.507 e. The van der Waals surface area contributed by atoms with Crippen LogP contribution in [0, 0.1) is 13.8 Å². The molecule has 1 N–H and O–H groups in total. The molecule has 0 saturated carbocycles. The number of amides is 1. The molecule has 1 fully saturated rings. The van der Waals surface area contributed by atoms with Gasteiger partial charge in [-0.05, 0) is 69.2 Å². The number of carbonyl (C=O) groups excluding carboxylic acids is 2. The van der Waals surface area contributed by atoms with Crippen molar-refractivity contribution in [1.82, 2.24) is 9.80 Å². The third kappa shape index (κ3) is 5.35. The minimum absolute atomic E-state index is 0.0961. The Labute approximate surface area is 207 Å². The number of hydrogen-bond acceptors (Lipinski definition) is 6. The van der Waals surface area contributed by atoms with E-state index in [1.807, 2.05) is 38.1 Å². The third-order valence-corrected chi connectivity index (χ3v) is 6.68. The van der Waals surface area contributed by atoms with E-state index in [1.165, 1.54) is 0 Å². The number of rotatable bonds is 10.